The van der Waals surface area contributed by atoms with Crippen molar-refractivity contribution >= 4 is 27.7 Å². The van der Waals surface area contributed by atoms with Gasteiger partial charge in [0.05, 0.1) is 6.54 Å². The van der Waals surface area contributed by atoms with Crippen LogP contribution in [0.5, 0.6) is 0 Å². The normalized spacial score (nSPS) is 11.6. The molecule has 150 valence electrons. The highest BCUT2D eigenvalue weighted by Crippen LogP contribution is 2.08. The van der Waals surface area contributed by atoms with Crippen LogP contribution < -0.4 is 0 Å². The second-order valence-corrected chi connectivity index (χ2v) is 6.99. The van der Waals surface area contributed by atoms with E-state index in [2.05, 4.69) is 17.9 Å². The van der Waals surface area contributed by atoms with E-state index in [1.54, 1.807) is 11.9 Å². The number of ether oxygens (including phenoxy) is 3. The summed E-state index contributed by atoms with van der Waals surface area (Å²) in [5, 5.41) is 0. The van der Waals surface area contributed by atoms with E-state index >= 15 is 0 Å². The summed E-state index contributed by atoms with van der Waals surface area (Å²) in [7, 11) is -2.17. The van der Waals surface area contributed by atoms with Crippen LogP contribution in [0.1, 0.15) is 0 Å². The van der Waals surface area contributed by atoms with Crippen molar-refractivity contribution in [1.29, 1.82) is 0 Å². The summed E-state index contributed by atoms with van der Waals surface area (Å²) >= 11 is 0. The lowest BCUT2D eigenvalue weighted by atomic mass is 10.4. The summed E-state index contributed by atoms with van der Waals surface area (Å²) in [6.07, 6.45) is 6.77. The number of likely N-dealkylation sites (N-methyl/N-ethyl adjacent to an activating group) is 1. The Morgan fingerprint density at radius 2 is 1.48 bits per heavy atom. The van der Waals surface area contributed by atoms with Gasteiger partial charge in [-0.3, -0.25) is 0 Å². The van der Waals surface area contributed by atoms with Gasteiger partial charge in [-0.15, -0.1) is 0 Å². The third-order valence-electron chi connectivity index (χ3n) is 2.77. The van der Waals surface area contributed by atoms with Crippen LogP contribution in [-0.2, 0) is 38.4 Å². The first-order valence-corrected chi connectivity index (χ1v) is 9.55. The zero-order valence-electron chi connectivity index (χ0n) is 15.3. The zero-order chi connectivity index (χ0) is 20.9. The van der Waals surface area contributed by atoms with E-state index in [9.17, 15) is 22.8 Å². The minimum absolute atomic E-state index is 0.111. The Morgan fingerprint density at radius 1 is 0.963 bits per heavy atom. The van der Waals surface area contributed by atoms with Gasteiger partial charge in [-0.1, -0.05) is 13.2 Å². The van der Waals surface area contributed by atoms with E-state index < -0.39 is 32.7 Å². The Labute approximate surface area is 158 Å². The highest BCUT2D eigenvalue weighted by molar-refractivity contribution is 7.95. The molecule has 0 aromatic heterocycles. The van der Waals surface area contributed by atoms with Gasteiger partial charge in [0.2, 0.25) is 0 Å². The van der Waals surface area contributed by atoms with Gasteiger partial charge in [0, 0.05) is 25.5 Å². The van der Waals surface area contributed by atoms with Gasteiger partial charge in [-0.25, -0.2) is 22.8 Å². The van der Waals surface area contributed by atoms with Crippen LogP contribution in [0.15, 0.2) is 48.6 Å². The SMILES string of the molecule is C=CC(=O)OCCOC(=O)/C(=C/C=C/N(C)CCOC(=O)C=C)S(C)(=O)=O. The molecule has 0 atom stereocenters. The summed E-state index contributed by atoms with van der Waals surface area (Å²) in [5.74, 6) is -2.30. The van der Waals surface area contributed by atoms with Gasteiger partial charge in [-0.05, 0) is 18.4 Å². The van der Waals surface area contributed by atoms with Gasteiger partial charge < -0.3 is 19.1 Å². The molecule has 0 aliphatic carbocycles. The van der Waals surface area contributed by atoms with Crippen molar-refractivity contribution in [2.24, 2.45) is 0 Å². The van der Waals surface area contributed by atoms with Gasteiger partial charge in [0.1, 0.15) is 19.8 Å². The number of carbonyl (C=O) groups excluding carboxylic acids is 3. The number of nitrogens with zero attached hydrogens (tertiary/aromatic N) is 1. The maximum absolute atomic E-state index is 11.9. The van der Waals surface area contributed by atoms with E-state index in [4.69, 9.17) is 9.47 Å². The van der Waals surface area contributed by atoms with Crippen molar-refractivity contribution in [3.63, 3.8) is 0 Å². The average Bonchev–Trinajstić information content (AvgIpc) is 2.60. The second-order valence-electron chi connectivity index (χ2n) is 5.00. The van der Waals surface area contributed by atoms with E-state index in [0.717, 1.165) is 24.5 Å². The summed E-state index contributed by atoms with van der Waals surface area (Å²) in [6.45, 7) is 6.40. The lowest BCUT2D eigenvalue weighted by Gasteiger charge is -2.13. The molecule has 0 saturated heterocycles. The summed E-state index contributed by atoms with van der Waals surface area (Å²) in [4.78, 5) is 34.7. The molecule has 10 heteroatoms. The van der Waals surface area contributed by atoms with Gasteiger partial charge in [0.15, 0.2) is 14.7 Å². The fourth-order valence-corrected chi connectivity index (χ4v) is 2.14. The number of hydrogen-bond acceptors (Lipinski definition) is 9. The van der Waals surface area contributed by atoms with Crippen molar-refractivity contribution in [2.45, 2.75) is 0 Å². The highest BCUT2D eigenvalue weighted by atomic mass is 32.2. The van der Waals surface area contributed by atoms with Crippen molar-refractivity contribution in [1.82, 2.24) is 4.90 Å². The molecule has 0 rings (SSSR count). The van der Waals surface area contributed by atoms with Gasteiger partial charge >= 0.3 is 17.9 Å². The van der Waals surface area contributed by atoms with E-state index in [0.29, 0.717) is 6.54 Å². The molecule has 0 aromatic carbocycles. The first-order chi connectivity index (χ1) is 12.6. The fourth-order valence-electron chi connectivity index (χ4n) is 1.45. The smallest absolute Gasteiger partial charge is 0.349 e. The number of allylic oxidation sites excluding steroid dienone is 2. The van der Waals surface area contributed by atoms with Crippen LogP contribution in [0.3, 0.4) is 0 Å². The molecule has 27 heavy (non-hydrogen) atoms. The van der Waals surface area contributed by atoms with Gasteiger partial charge in [-0.2, -0.15) is 0 Å². The molecule has 0 heterocycles. The lowest BCUT2D eigenvalue weighted by molar-refractivity contribution is -0.146. The van der Waals surface area contributed by atoms with Crippen molar-refractivity contribution in [3.05, 3.63) is 48.6 Å². The summed E-state index contributed by atoms with van der Waals surface area (Å²) in [6, 6.07) is 0. The Kier molecular flexibility index (Phi) is 11.1. The first kappa shape index (κ1) is 24.1. The predicted octanol–water partition coefficient (Wildman–Crippen LogP) is 0.362. The standard InChI is InChI=1S/C17H23NO8S/c1-5-15(19)24-11-10-18(3)9-7-8-14(27(4,22)23)17(21)26-13-12-25-16(20)6-2/h5-9H,1-2,10-13H2,3-4H3/b9-7+,14-8-. The number of esters is 3. The van der Waals surface area contributed by atoms with Crippen LogP contribution in [0.2, 0.25) is 0 Å². The maximum Gasteiger partial charge on any atom is 0.349 e. The molecule has 0 amide bonds. The third kappa shape index (κ3) is 11.4. The molecule has 0 N–H and O–H groups in total. The van der Waals surface area contributed by atoms with Crippen molar-refractivity contribution in [3.8, 4) is 0 Å². The lowest BCUT2D eigenvalue weighted by Crippen LogP contribution is -2.19. The molecule has 0 radical (unpaired) electrons. The molecule has 0 aromatic rings. The number of rotatable bonds is 12. The topological polar surface area (TPSA) is 116 Å². The van der Waals surface area contributed by atoms with Crippen molar-refractivity contribution in [2.75, 3.05) is 39.7 Å². The Hall–Kier alpha value is -2.88. The molecule has 0 bridgehead atoms. The molecule has 9 nitrogen and oxygen atoms in total. The average molecular weight is 401 g/mol. The second kappa shape index (κ2) is 12.5. The van der Waals surface area contributed by atoms with Crippen LogP contribution in [0.25, 0.3) is 0 Å². The van der Waals surface area contributed by atoms with Crippen LogP contribution in [0, 0.1) is 0 Å². The Morgan fingerprint density at radius 3 is 2.00 bits per heavy atom. The predicted molar refractivity (Wildman–Crippen MR) is 98.0 cm³/mol. The van der Waals surface area contributed by atoms with Crippen LogP contribution in [-0.4, -0.2) is 70.9 Å². The summed E-state index contributed by atoms with van der Waals surface area (Å²) in [5.41, 5.74) is 0. The maximum atomic E-state index is 11.9. The minimum Gasteiger partial charge on any atom is -0.461 e. The number of hydrogen-bond donors (Lipinski definition) is 0. The molecule has 0 unspecified atom stereocenters. The Bertz CT molecular complexity index is 721. The molecular weight excluding hydrogens is 378 g/mol. The molecule has 0 aliphatic rings. The molecular formula is C17H23NO8S. The van der Waals surface area contributed by atoms with E-state index in [1.807, 2.05) is 0 Å². The Balaban J connectivity index is 4.72. The first-order valence-electron chi connectivity index (χ1n) is 7.66. The fraction of sp³-hybridized carbons (Fsp3) is 0.353. The quantitative estimate of drug-likeness (QED) is 0.150. The zero-order valence-corrected chi connectivity index (χ0v) is 16.1. The highest BCUT2D eigenvalue weighted by Gasteiger charge is 2.21. The van der Waals surface area contributed by atoms with E-state index in [1.165, 1.54) is 12.3 Å². The van der Waals surface area contributed by atoms with Gasteiger partial charge in [0.25, 0.3) is 0 Å². The molecule has 0 fully saturated rings. The minimum atomic E-state index is -3.84. The number of sulfone groups is 1. The summed E-state index contributed by atoms with van der Waals surface area (Å²) < 4.78 is 37.7. The third-order valence-corrected chi connectivity index (χ3v) is 3.87. The molecule has 0 spiro atoms. The molecule has 0 saturated carbocycles. The largest absolute Gasteiger partial charge is 0.461 e. The van der Waals surface area contributed by atoms with Crippen LogP contribution in [0.4, 0.5) is 0 Å². The number of carbonyl (C=O) groups is 3. The van der Waals surface area contributed by atoms with Crippen molar-refractivity contribution < 1.29 is 37.0 Å². The molecule has 0 aliphatic heterocycles. The monoisotopic (exact) mass is 401 g/mol. The van der Waals surface area contributed by atoms with Crippen LogP contribution >= 0.6 is 0 Å². The van der Waals surface area contributed by atoms with E-state index in [-0.39, 0.29) is 19.8 Å².